The van der Waals surface area contributed by atoms with Gasteiger partial charge in [-0.1, -0.05) is 30.3 Å². The van der Waals surface area contributed by atoms with Crippen LogP contribution in [0.2, 0.25) is 0 Å². The molecule has 102 valence electrons. The van der Waals surface area contributed by atoms with Crippen molar-refractivity contribution >= 4 is 16.1 Å². The zero-order valence-electron chi connectivity index (χ0n) is 10.5. The zero-order valence-corrected chi connectivity index (χ0v) is 11.3. The molecule has 0 bridgehead atoms. The molecule has 1 heterocycles. The molecule has 1 atom stereocenters. The summed E-state index contributed by atoms with van der Waals surface area (Å²) in [6, 6.07) is 9.48. The molecule has 0 aromatic heterocycles. The summed E-state index contributed by atoms with van der Waals surface area (Å²) in [5.41, 5.74) is 0.987. The van der Waals surface area contributed by atoms with Crippen molar-refractivity contribution in [3.63, 3.8) is 0 Å². The molecule has 1 aliphatic rings. The number of benzene rings is 1. The molecule has 0 N–H and O–H groups in total. The lowest BCUT2D eigenvalue weighted by Crippen LogP contribution is -2.36. The van der Waals surface area contributed by atoms with Crippen LogP contribution < -0.4 is 0 Å². The van der Waals surface area contributed by atoms with Gasteiger partial charge >= 0.3 is 0 Å². The highest BCUT2D eigenvalue weighted by Crippen LogP contribution is 2.22. The molecule has 0 spiro atoms. The second-order valence-electron chi connectivity index (χ2n) is 4.51. The Morgan fingerprint density at radius 3 is 2.74 bits per heavy atom. The van der Waals surface area contributed by atoms with Crippen molar-refractivity contribution in [3.8, 4) is 0 Å². The number of isocyanates is 1. The van der Waals surface area contributed by atoms with Gasteiger partial charge in [0.25, 0.3) is 0 Å². The van der Waals surface area contributed by atoms with Gasteiger partial charge in [0.15, 0.2) is 0 Å². The topological polar surface area (TPSA) is 66.8 Å². The Morgan fingerprint density at radius 1 is 1.32 bits per heavy atom. The minimum Gasteiger partial charge on any atom is -0.212 e. The Hall–Kier alpha value is -1.49. The number of hydrogen-bond acceptors (Lipinski definition) is 4. The van der Waals surface area contributed by atoms with E-state index in [1.54, 1.807) is 0 Å². The maximum absolute atomic E-state index is 12.2. The van der Waals surface area contributed by atoms with Crippen molar-refractivity contribution < 1.29 is 13.2 Å². The van der Waals surface area contributed by atoms with Crippen LogP contribution in [0, 0.1) is 0 Å². The van der Waals surface area contributed by atoms with Gasteiger partial charge in [-0.2, -0.15) is 9.30 Å². The molecule has 1 fully saturated rings. The normalized spacial score (nSPS) is 20.1. The Balaban J connectivity index is 2.04. The van der Waals surface area contributed by atoms with Gasteiger partial charge in [-0.3, -0.25) is 0 Å². The number of nitrogens with zero attached hydrogens (tertiary/aromatic N) is 2. The summed E-state index contributed by atoms with van der Waals surface area (Å²) in [7, 11) is -3.37. The molecule has 19 heavy (non-hydrogen) atoms. The van der Waals surface area contributed by atoms with E-state index in [4.69, 9.17) is 0 Å². The smallest absolute Gasteiger partial charge is 0.212 e. The monoisotopic (exact) mass is 280 g/mol. The first-order chi connectivity index (χ1) is 9.13. The third-order valence-corrected chi connectivity index (χ3v) is 5.08. The molecule has 6 heteroatoms. The molecule has 1 aliphatic heterocycles. The second kappa shape index (κ2) is 6.10. The molecular formula is C13H16N2O3S. The van der Waals surface area contributed by atoms with Gasteiger partial charge in [-0.25, -0.2) is 13.2 Å². The van der Waals surface area contributed by atoms with Gasteiger partial charge in [0.2, 0.25) is 16.1 Å². The summed E-state index contributed by atoms with van der Waals surface area (Å²) in [5, 5.41) is 0. The fraction of sp³-hybridized carbons (Fsp3) is 0.462. The summed E-state index contributed by atoms with van der Waals surface area (Å²) >= 11 is 0. The van der Waals surface area contributed by atoms with E-state index < -0.39 is 16.2 Å². The first-order valence-electron chi connectivity index (χ1n) is 6.24. The van der Waals surface area contributed by atoms with Gasteiger partial charge in [0.1, 0.15) is 6.17 Å². The van der Waals surface area contributed by atoms with E-state index in [1.165, 1.54) is 10.4 Å². The van der Waals surface area contributed by atoms with Gasteiger partial charge in [-0.05, 0) is 24.8 Å². The molecule has 0 aliphatic carbocycles. The lowest BCUT2D eigenvalue weighted by atomic mass is 10.2. The quantitative estimate of drug-likeness (QED) is 0.603. The van der Waals surface area contributed by atoms with Gasteiger partial charge in [0.05, 0.1) is 5.75 Å². The van der Waals surface area contributed by atoms with E-state index in [1.807, 2.05) is 30.3 Å². The zero-order chi connectivity index (χ0) is 13.7. The van der Waals surface area contributed by atoms with Crippen molar-refractivity contribution in [2.75, 3.05) is 12.3 Å². The SMILES string of the molecule is O=C=NC1CCCN1S(=O)(=O)CCc1ccccc1. The van der Waals surface area contributed by atoms with Crippen LogP contribution in [0.5, 0.6) is 0 Å². The standard InChI is InChI=1S/C13H16N2O3S/c16-11-14-13-7-4-9-15(13)19(17,18)10-8-12-5-2-1-3-6-12/h1-3,5-6,13H,4,7-10H2. The predicted molar refractivity (Wildman–Crippen MR) is 71.8 cm³/mol. The lowest BCUT2D eigenvalue weighted by Gasteiger charge is -2.19. The molecule has 5 nitrogen and oxygen atoms in total. The van der Waals surface area contributed by atoms with E-state index in [0.717, 1.165) is 12.0 Å². The maximum atomic E-state index is 12.2. The molecule has 2 rings (SSSR count). The van der Waals surface area contributed by atoms with E-state index in [9.17, 15) is 13.2 Å². The van der Waals surface area contributed by atoms with Crippen LogP contribution >= 0.6 is 0 Å². The van der Waals surface area contributed by atoms with Gasteiger partial charge in [-0.15, -0.1) is 0 Å². The van der Waals surface area contributed by atoms with E-state index in [-0.39, 0.29) is 5.75 Å². The minimum absolute atomic E-state index is 0.0435. The number of rotatable bonds is 5. The van der Waals surface area contributed by atoms with E-state index in [0.29, 0.717) is 19.4 Å². The highest BCUT2D eigenvalue weighted by molar-refractivity contribution is 7.89. The lowest BCUT2D eigenvalue weighted by molar-refractivity contribution is 0.395. The third-order valence-electron chi connectivity index (χ3n) is 3.22. The summed E-state index contributed by atoms with van der Waals surface area (Å²) in [6.07, 6.45) is 2.70. The third kappa shape index (κ3) is 3.50. The number of hydrogen-bond donors (Lipinski definition) is 0. The fourth-order valence-corrected chi connectivity index (χ4v) is 3.90. The Bertz CT molecular complexity index is 565. The van der Waals surface area contributed by atoms with Crippen LogP contribution in [0.4, 0.5) is 0 Å². The summed E-state index contributed by atoms with van der Waals surface area (Å²) < 4.78 is 25.8. The molecular weight excluding hydrogens is 264 g/mol. The van der Waals surface area contributed by atoms with Gasteiger partial charge < -0.3 is 0 Å². The first kappa shape index (κ1) is 13.9. The van der Waals surface area contributed by atoms with Crippen LogP contribution in [0.15, 0.2) is 35.3 Å². The van der Waals surface area contributed by atoms with E-state index >= 15 is 0 Å². The average molecular weight is 280 g/mol. The number of aliphatic imine (C=N–C) groups is 1. The molecule has 0 amide bonds. The van der Waals surface area contributed by atoms with Crippen molar-refractivity contribution in [3.05, 3.63) is 35.9 Å². The number of sulfonamides is 1. The van der Waals surface area contributed by atoms with Crippen molar-refractivity contribution in [2.45, 2.75) is 25.4 Å². The van der Waals surface area contributed by atoms with Crippen molar-refractivity contribution in [1.29, 1.82) is 0 Å². The Morgan fingerprint density at radius 2 is 2.05 bits per heavy atom. The highest BCUT2D eigenvalue weighted by Gasteiger charge is 2.33. The minimum atomic E-state index is -3.37. The molecule has 1 unspecified atom stereocenters. The Labute approximate surface area is 113 Å². The molecule has 0 radical (unpaired) electrons. The maximum Gasteiger partial charge on any atom is 0.236 e. The Kier molecular flexibility index (Phi) is 4.47. The van der Waals surface area contributed by atoms with Gasteiger partial charge in [0, 0.05) is 6.54 Å². The first-order valence-corrected chi connectivity index (χ1v) is 7.85. The molecule has 0 saturated carbocycles. The number of aryl methyl sites for hydroxylation is 1. The average Bonchev–Trinajstić information content (AvgIpc) is 2.87. The van der Waals surface area contributed by atoms with Crippen LogP contribution in [0.3, 0.4) is 0 Å². The largest absolute Gasteiger partial charge is 0.236 e. The summed E-state index contributed by atoms with van der Waals surface area (Å²) in [5.74, 6) is 0.0435. The van der Waals surface area contributed by atoms with Crippen LogP contribution in [-0.2, 0) is 21.2 Å². The summed E-state index contributed by atoms with van der Waals surface area (Å²) in [6.45, 7) is 0.437. The highest BCUT2D eigenvalue weighted by atomic mass is 32.2. The van der Waals surface area contributed by atoms with Crippen molar-refractivity contribution in [1.82, 2.24) is 4.31 Å². The molecule has 1 aromatic rings. The number of carbonyl (C=O) groups excluding carboxylic acids is 1. The summed E-state index contributed by atoms with van der Waals surface area (Å²) in [4.78, 5) is 13.9. The molecule has 1 saturated heterocycles. The van der Waals surface area contributed by atoms with E-state index in [2.05, 4.69) is 4.99 Å². The van der Waals surface area contributed by atoms with Crippen molar-refractivity contribution in [2.24, 2.45) is 4.99 Å². The van der Waals surface area contributed by atoms with Crippen LogP contribution in [-0.4, -0.2) is 37.3 Å². The van der Waals surface area contributed by atoms with Crippen LogP contribution in [0.1, 0.15) is 18.4 Å². The second-order valence-corrected chi connectivity index (χ2v) is 6.55. The fourth-order valence-electron chi connectivity index (χ4n) is 2.25. The molecule has 1 aromatic carbocycles. The predicted octanol–water partition coefficient (Wildman–Crippen LogP) is 1.32. The van der Waals surface area contributed by atoms with Crippen LogP contribution in [0.25, 0.3) is 0 Å².